The molecular weight excluding hydrogens is 296 g/mol. The minimum Gasteiger partial charge on any atom is -0.495 e. The second kappa shape index (κ2) is 7.85. The van der Waals surface area contributed by atoms with Gasteiger partial charge in [0.05, 0.1) is 25.2 Å². The quantitative estimate of drug-likeness (QED) is 0.805. The molecule has 0 fully saturated rings. The fraction of sp³-hybridized carbons (Fsp3) is 0.429. The van der Waals surface area contributed by atoms with Gasteiger partial charge in [-0.25, -0.2) is 0 Å². The number of rotatable bonds is 7. The zero-order valence-corrected chi connectivity index (χ0v) is 13.0. The number of benzene rings is 1. The molecule has 2 N–H and O–H groups in total. The number of hydrogen-bond acceptors (Lipinski definition) is 4. The number of nitrogens with one attached hydrogen (secondary N) is 1. The van der Waals surface area contributed by atoms with E-state index < -0.39 is 5.97 Å². The minimum absolute atomic E-state index is 0.00633. The maximum atomic E-state index is 12.0. The Bertz CT molecular complexity index is 520. The van der Waals surface area contributed by atoms with Crippen LogP contribution in [-0.2, 0) is 9.59 Å². The van der Waals surface area contributed by atoms with E-state index in [1.54, 1.807) is 23.1 Å². The lowest BCUT2D eigenvalue weighted by molar-refractivity contribution is -0.139. The molecule has 7 heteroatoms. The average Bonchev–Trinajstić information content (AvgIpc) is 2.37. The lowest BCUT2D eigenvalue weighted by Crippen LogP contribution is -2.41. The standard InChI is InChI=1S/C14H19ClN2O4/c1-9(2)17(8-14(19)20)7-13(18)16-10-4-5-12(21-3)11(15)6-10/h4-6,9H,7-8H2,1-3H3,(H,16,18)(H,19,20). The third kappa shape index (κ3) is 5.61. The number of hydrogen-bond donors (Lipinski definition) is 2. The van der Waals surface area contributed by atoms with Crippen molar-refractivity contribution in [2.45, 2.75) is 19.9 Å². The van der Waals surface area contributed by atoms with E-state index in [1.807, 2.05) is 13.8 Å². The Balaban J connectivity index is 2.67. The van der Waals surface area contributed by atoms with E-state index in [4.69, 9.17) is 21.4 Å². The summed E-state index contributed by atoms with van der Waals surface area (Å²) in [5.41, 5.74) is 0.532. The maximum absolute atomic E-state index is 12.0. The van der Waals surface area contributed by atoms with Crippen LogP contribution in [0.2, 0.25) is 5.02 Å². The predicted octanol–water partition coefficient (Wildman–Crippen LogP) is 2.08. The van der Waals surface area contributed by atoms with Crippen molar-refractivity contribution in [2.75, 3.05) is 25.5 Å². The fourth-order valence-electron chi connectivity index (χ4n) is 1.72. The van der Waals surface area contributed by atoms with Gasteiger partial charge >= 0.3 is 5.97 Å². The molecule has 0 aliphatic rings. The number of carboxylic acids is 1. The molecule has 1 aromatic carbocycles. The van der Waals surface area contributed by atoms with Gasteiger partial charge < -0.3 is 15.2 Å². The molecule has 0 saturated heterocycles. The molecule has 1 amide bonds. The van der Waals surface area contributed by atoms with Crippen molar-refractivity contribution in [2.24, 2.45) is 0 Å². The van der Waals surface area contributed by atoms with Crippen molar-refractivity contribution < 1.29 is 19.4 Å². The number of nitrogens with zero attached hydrogens (tertiary/aromatic N) is 1. The molecule has 116 valence electrons. The summed E-state index contributed by atoms with van der Waals surface area (Å²) < 4.78 is 5.03. The Morgan fingerprint density at radius 2 is 2.05 bits per heavy atom. The number of carboxylic acid groups (broad SMARTS) is 1. The molecule has 0 spiro atoms. The Labute approximate surface area is 128 Å². The Morgan fingerprint density at radius 3 is 2.52 bits per heavy atom. The van der Waals surface area contributed by atoms with Crippen LogP contribution in [0.1, 0.15) is 13.8 Å². The first kappa shape index (κ1) is 17.3. The number of ether oxygens (including phenoxy) is 1. The van der Waals surface area contributed by atoms with E-state index in [-0.39, 0.29) is 25.0 Å². The molecule has 0 bridgehead atoms. The largest absolute Gasteiger partial charge is 0.495 e. The monoisotopic (exact) mass is 314 g/mol. The fourth-order valence-corrected chi connectivity index (χ4v) is 1.98. The van der Waals surface area contributed by atoms with Crippen LogP contribution in [0.3, 0.4) is 0 Å². The summed E-state index contributed by atoms with van der Waals surface area (Å²) >= 11 is 5.97. The van der Waals surface area contributed by atoms with Crippen molar-refractivity contribution in [1.29, 1.82) is 0 Å². The van der Waals surface area contributed by atoms with Crippen molar-refractivity contribution in [1.82, 2.24) is 4.90 Å². The number of carbonyl (C=O) groups excluding carboxylic acids is 1. The summed E-state index contributed by atoms with van der Waals surface area (Å²) in [6, 6.07) is 4.84. The highest BCUT2D eigenvalue weighted by atomic mass is 35.5. The molecule has 0 radical (unpaired) electrons. The minimum atomic E-state index is -0.969. The first-order chi connectivity index (χ1) is 9.83. The van der Waals surface area contributed by atoms with E-state index >= 15 is 0 Å². The van der Waals surface area contributed by atoms with Crippen LogP contribution in [0.15, 0.2) is 18.2 Å². The molecule has 0 aliphatic carbocycles. The summed E-state index contributed by atoms with van der Waals surface area (Å²) in [5, 5.41) is 11.9. The normalized spacial score (nSPS) is 10.8. The topological polar surface area (TPSA) is 78.9 Å². The third-order valence-electron chi connectivity index (χ3n) is 2.85. The van der Waals surface area contributed by atoms with Gasteiger partial charge in [0.25, 0.3) is 0 Å². The van der Waals surface area contributed by atoms with Crippen molar-refractivity contribution in [3.63, 3.8) is 0 Å². The summed E-state index contributed by atoms with van der Waals surface area (Å²) in [6.45, 7) is 3.48. The zero-order chi connectivity index (χ0) is 16.0. The average molecular weight is 315 g/mol. The van der Waals surface area contributed by atoms with Gasteiger partial charge in [-0.15, -0.1) is 0 Å². The summed E-state index contributed by atoms with van der Waals surface area (Å²) in [7, 11) is 1.51. The lowest BCUT2D eigenvalue weighted by Gasteiger charge is -2.23. The Kier molecular flexibility index (Phi) is 6.45. The van der Waals surface area contributed by atoms with Crippen LogP contribution in [0.25, 0.3) is 0 Å². The van der Waals surface area contributed by atoms with Crippen molar-refractivity contribution in [3.05, 3.63) is 23.2 Å². The number of anilines is 1. The number of carbonyl (C=O) groups is 2. The van der Waals surface area contributed by atoms with Crippen molar-refractivity contribution in [3.8, 4) is 5.75 Å². The van der Waals surface area contributed by atoms with E-state index in [2.05, 4.69) is 5.32 Å². The van der Waals surface area contributed by atoms with Gasteiger partial charge in [0.15, 0.2) is 0 Å². The van der Waals surface area contributed by atoms with E-state index in [1.165, 1.54) is 7.11 Å². The number of aliphatic carboxylic acids is 1. The predicted molar refractivity (Wildman–Crippen MR) is 81.0 cm³/mol. The van der Waals surface area contributed by atoms with Gasteiger partial charge in [-0.05, 0) is 32.0 Å². The van der Waals surface area contributed by atoms with Crippen LogP contribution in [0.4, 0.5) is 5.69 Å². The highest BCUT2D eigenvalue weighted by Crippen LogP contribution is 2.27. The summed E-state index contributed by atoms with van der Waals surface area (Å²) in [6.07, 6.45) is 0. The molecule has 0 atom stereocenters. The van der Waals surface area contributed by atoms with Gasteiger partial charge in [-0.2, -0.15) is 0 Å². The maximum Gasteiger partial charge on any atom is 0.317 e. The summed E-state index contributed by atoms with van der Waals surface area (Å²) in [4.78, 5) is 24.3. The van der Waals surface area contributed by atoms with Crippen LogP contribution in [0, 0.1) is 0 Å². The van der Waals surface area contributed by atoms with Gasteiger partial charge in [0, 0.05) is 11.7 Å². The molecule has 0 aliphatic heterocycles. The van der Waals surface area contributed by atoms with Gasteiger partial charge in [-0.1, -0.05) is 11.6 Å². The second-order valence-electron chi connectivity index (χ2n) is 4.79. The molecule has 0 unspecified atom stereocenters. The van der Waals surface area contributed by atoms with Crippen molar-refractivity contribution >= 4 is 29.2 Å². The van der Waals surface area contributed by atoms with Crippen LogP contribution in [-0.4, -0.2) is 48.1 Å². The number of amides is 1. The van der Waals surface area contributed by atoms with E-state index in [0.29, 0.717) is 16.5 Å². The van der Waals surface area contributed by atoms with Crippen LogP contribution < -0.4 is 10.1 Å². The lowest BCUT2D eigenvalue weighted by atomic mass is 10.2. The molecule has 0 saturated carbocycles. The van der Waals surface area contributed by atoms with Crippen LogP contribution in [0.5, 0.6) is 5.75 Å². The first-order valence-electron chi connectivity index (χ1n) is 6.42. The smallest absolute Gasteiger partial charge is 0.317 e. The number of halogens is 1. The van der Waals surface area contributed by atoms with E-state index in [0.717, 1.165) is 0 Å². The molecule has 21 heavy (non-hydrogen) atoms. The number of methoxy groups -OCH3 is 1. The first-order valence-corrected chi connectivity index (χ1v) is 6.80. The summed E-state index contributed by atoms with van der Waals surface area (Å²) in [5.74, 6) is -0.750. The van der Waals surface area contributed by atoms with Crippen LogP contribution >= 0.6 is 11.6 Å². The molecule has 0 aromatic heterocycles. The zero-order valence-electron chi connectivity index (χ0n) is 12.2. The molecule has 1 rings (SSSR count). The molecular formula is C14H19ClN2O4. The second-order valence-corrected chi connectivity index (χ2v) is 5.20. The van der Waals surface area contributed by atoms with Gasteiger partial charge in [0.2, 0.25) is 5.91 Å². The van der Waals surface area contributed by atoms with E-state index in [9.17, 15) is 9.59 Å². The highest BCUT2D eigenvalue weighted by Gasteiger charge is 2.17. The molecule has 6 nitrogen and oxygen atoms in total. The SMILES string of the molecule is COc1ccc(NC(=O)CN(CC(=O)O)C(C)C)cc1Cl. The highest BCUT2D eigenvalue weighted by molar-refractivity contribution is 6.32. The van der Waals surface area contributed by atoms with Gasteiger partial charge in [-0.3, -0.25) is 14.5 Å². The molecule has 0 heterocycles. The van der Waals surface area contributed by atoms with Gasteiger partial charge in [0.1, 0.15) is 5.75 Å². The third-order valence-corrected chi connectivity index (χ3v) is 3.15. The Morgan fingerprint density at radius 1 is 1.38 bits per heavy atom. The molecule has 1 aromatic rings. The Hall–Kier alpha value is -1.79.